The first-order chi connectivity index (χ1) is 28.0. The third-order valence-electron chi connectivity index (χ3n) is 10.3. The van der Waals surface area contributed by atoms with Gasteiger partial charge >= 0.3 is 17.9 Å². The van der Waals surface area contributed by atoms with Crippen molar-refractivity contribution in [2.75, 3.05) is 13.2 Å². The summed E-state index contributed by atoms with van der Waals surface area (Å²) in [5.41, 5.74) is 0. The molecule has 0 fully saturated rings. The number of carbonyl (C=O) groups excluding carboxylic acids is 3. The molecule has 0 bridgehead atoms. The van der Waals surface area contributed by atoms with Crippen LogP contribution in [0.1, 0.15) is 239 Å². The van der Waals surface area contributed by atoms with Crippen LogP contribution in [0.2, 0.25) is 0 Å². The standard InChI is InChI=1S/C51H90O6/c1-4-7-10-13-16-19-22-24-25-26-27-28-30-32-35-38-41-44-50(53)56-47-48(46-55-49(52)43-40-37-34-31-21-18-15-12-9-6-3)57-51(54)45-42-39-36-33-29-23-20-17-14-11-8-5-2/h15-20,24-25,48H,4-14,21-23,26-47H2,1-3H3/b18-15-,19-16-,20-17-,25-24-. The van der Waals surface area contributed by atoms with E-state index >= 15 is 0 Å². The Morgan fingerprint density at radius 3 is 1.04 bits per heavy atom. The van der Waals surface area contributed by atoms with Gasteiger partial charge in [-0.05, 0) is 96.3 Å². The molecule has 0 aliphatic heterocycles. The highest BCUT2D eigenvalue weighted by molar-refractivity contribution is 5.71. The molecule has 0 aliphatic rings. The third-order valence-corrected chi connectivity index (χ3v) is 10.3. The zero-order valence-electron chi connectivity index (χ0n) is 37.6. The summed E-state index contributed by atoms with van der Waals surface area (Å²) in [6.45, 7) is 6.52. The second-order valence-electron chi connectivity index (χ2n) is 16.0. The molecule has 0 amide bonds. The molecule has 1 unspecified atom stereocenters. The molecule has 0 saturated carbocycles. The lowest BCUT2D eigenvalue weighted by Crippen LogP contribution is -2.30. The van der Waals surface area contributed by atoms with Gasteiger partial charge in [0.2, 0.25) is 0 Å². The molecule has 0 saturated heterocycles. The van der Waals surface area contributed by atoms with E-state index in [0.29, 0.717) is 19.3 Å². The fourth-order valence-electron chi connectivity index (χ4n) is 6.56. The smallest absolute Gasteiger partial charge is 0.306 e. The van der Waals surface area contributed by atoms with E-state index in [4.69, 9.17) is 14.2 Å². The SMILES string of the molecule is CCCC/C=C\CCCCCCC(=O)OCC(COC(=O)CCCCCCCCC/C=C\C/C=C\CCCCC)OC(=O)CCCCCCC/C=C\CCCCC. The van der Waals surface area contributed by atoms with Gasteiger partial charge in [-0.3, -0.25) is 14.4 Å². The van der Waals surface area contributed by atoms with Crippen molar-refractivity contribution in [3.05, 3.63) is 48.6 Å². The van der Waals surface area contributed by atoms with Crippen LogP contribution in [0.3, 0.4) is 0 Å². The van der Waals surface area contributed by atoms with E-state index in [2.05, 4.69) is 69.4 Å². The summed E-state index contributed by atoms with van der Waals surface area (Å²) in [7, 11) is 0. The first-order valence-electron chi connectivity index (χ1n) is 24.1. The molecule has 0 N–H and O–H groups in total. The Balaban J connectivity index is 4.36. The lowest BCUT2D eigenvalue weighted by Gasteiger charge is -2.18. The van der Waals surface area contributed by atoms with Crippen LogP contribution >= 0.6 is 0 Å². The Bertz CT molecular complexity index is 1010. The monoisotopic (exact) mass is 799 g/mol. The van der Waals surface area contributed by atoms with Crippen LogP contribution in [0.4, 0.5) is 0 Å². The zero-order chi connectivity index (χ0) is 41.5. The number of hydrogen-bond acceptors (Lipinski definition) is 6. The van der Waals surface area contributed by atoms with Gasteiger partial charge < -0.3 is 14.2 Å². The second-order valence-corrected chi connectivity index (χ2v) is 16.0. The number of rotatable bonds is 43. The van der Waals surface area contributed by atoms with Crippen LogP contribution in [-0.2, 0) is 28.6 Å². The van der Waals surface area contributed by atoms with Crippen molar-refractivity contribution in [3.8, 4) is 0 Å². The summed E-state index contributed by atoms with van der Waals surface area (Å²) in [4.78, 5) is 37.8. The fraction of sp³-hybridized carbons (Fsp3) is 0.784. The molecule has 0 aromatic carbocycles. The van der Waals surface area contributed by atoms with Gasteiger partial charge in [-0.25, -0.2) is 0 Å². The number of unbranched alkanes of at least 4 members (excludes halogenated alkanes) is 24. The number of allylic oxidation sites excluding steroid dienone is 8. The van der Waals surface area contributed by atoms with Crippen molar-refractivity contribution >= 4 is 17.9 Å². The molecule has 57 heavy (non-hydrogen) atoms. The van der Waals surface area contributed by atoms with Gasteiger partial charge in [0.1, 0.15) is 13.2 Å². The first-order valence-corrected chi connectivity index (χ1v) is 24.1. The second kappa shape index (κ2) is 46.1. The van der Waals surface area contributed by atoms with Crippen molar-refractivity contribution < 1.29 is 28.6 Å². The average molecular weight is 799 g/mol. The highest BCUT2D eigenvalue weighted by Crippen LogP contribution is 2.14. The summed E-state index contributed by atoms with van der Waals surface area (Å²) < 4.78 is 16.7. The molecule has 0 spiro atoms. The highest BCUT2D eigenvalue weighted by Gasteiger charge is 2.19. The molecule has 6 heteroatoms. The molecule has 0 heterocycles. The Hall–Kier alpha value is -2.63. The number of carbonyl (C=O) groups is 3. The van der Waals surface area contributed by atoms with Gasteiger partial charge in [0, 0.05) is 19.3 Å². The zero-order valence-corrected chi connectivity index (χ0v) is 37.6. The number of hydrogen-bond donors (Lipinski definition) is 0. The quantitative estimate of drug-likeness (QED) is 0.0265. The summed E-state index contributed by atoms with van der Waals surface area (Å²) >= 11 is 0. The van der Waals surface area contributed by atoms with Crippen LogP contribution in [0, 0.1) is 0 Å². The summed E-state index contributed by atoms with van der Waals surface area (Å²) in [5, 5.41) is 0. The molecule has 0 aromatic rings. The minimum Gasteiger partial charge on any atom is -0.462 e. The maximum absolute atomic E-state index is 12.7. The average Bonchev–Trinajstić information content (AvgIpc) is 3.21. The molecule has 6 nitrogen and oxygen atoms in total. The van der Waals surface area contributed by atoms with Crippen molar-refractivity contribution in [1.29, 1.82) is 0 Å². The third kappa shape index (κ3) is 44.3. The molecule has 330 valence electrons. The molecular formula is C51H90O6. The van der Waals surface area contributed by atoms with Crippen molar-refractivity contribution in [1.82, 2.24) is 0 Å². The van der Waals surface area contributed by atoms with Gasteiger partial charge in [-0.15, -0.1) is 0 Å². The summed E-state index contributed by atoms with van der Waals surface area (Å²) in [6, 6.07) is 0. The Labute approximate surface area is 352 Å². The van der Waals surface area contributed by atoms with Crippen LogP contribution < -0.4 is 0 Å². The van der Waals surface area contributed by atoms with E-state index in [1.165, 1.54) is 96.3 Å². The largest absolute Gasteiger partial charge is 0.462 e. The van der Waals surface area contributed by atoms with E-state index < -0.39 is 6.10 Å². The highest BCUT2D eigenvalue weighted by atomic mass is 16.6. The minimum atomic E-state index is -0.782. The van der Waals surface area contributed by atoms with Gasteiger partial charge in [0.25, 0.3) is 0 Å². The molecule has 0 rings (SSSR count). The normalized spacial score (nSPS) is 12.4. The number of ether oxygens (including phenoxy) is 3. The number of esters is 3. The van der Waals surface area contributed by atoms with Gasteiger partial charge in [0.05, 0.1) is 0 Å². The fourth-order valence-corrected chi connectivity index (χ4v) is 6.56. The molecule has 1 atom stereocenters. The Kier molecular flexibility index (Phi) is 43.9. The van der Waals surface area contributed by atoms with E-state index in [0.717, 1.165) is 103 Å². The minimum absolute atomic E-state index is 0.0840. The maximum Gasteiger partial charge on any atom is 0.306 e. The summed E-state index contributed by atoms with van der Waals surface area (Å²) in [5.74, 6) is -0.914. The molecule has 0 aliphatic carbocycles. The van der Waals surface area contributed by atoms with Crippen molar-refractivity contribution in [2.24, 2.45) is 0 Å². The van der Waals surface area contributed by atoms with E-state index in [-0.39, 0.29) is 31.1 Å². The van der Waals surface area contributed by atoms with Gasteiger partial charge in [-0.2, -0.15) is 0 Å². The Morgan fingerprint density at radius 1 is 0.351 bits per heavy atom. The molecule has 0 aromatic heterocycles. The summed E-state index contributed by atoms with van der Waals surface area (Å²) in [6.07, 6.45) is 53.8. The predicted molar refractivity (Wildman–Crippen MR) is 242 cm³/mol. The van der Waals surface area contributed by atoms with Gasteiger partial charge in [-0.1, -0.05) is 172 Å². The van der Waals surface area contributed by atoms with E-state index in [1.54, 1.807) is 0 Å². The van der Waals surface area contributed by atoms with Crippen LogP contribution in [0.5, 0.6) is 0 Å². The maximum atomic E-state index is 12.7. The van der Waals surface area contributed by atoms with E-state index in [1.807, 2.05) is 0 Å². The van der Waals surface area contributed by atoms with Crippen molar-refractivity contribution in [2.45, 2.75) is 245 Å². The van der Waals surface area contributed by atoms with Gasteiger partial charge in [0.15, 0.2) is 6.10 Å². The van der Waals surface area contributed by atoms with E-state index in [9.17, 15) is 14.4 Å². The van der Waals surface area contributed by atoms with Crippen LogP contribution in [0.15, 0.2) is 48.6 Å². The van der Waals surface area contributed by atoms with Crippen LogP contribution in [0.25, 0.3) is 0 Å². The lowest BCUT2D eigenvalue weighted by atomic mass is 10.1. The Morgan fingerprint density at radius 2 is 0.649 bits per heavy atom. The topological polar surface area (TPSA) is 78.9 Å². The first kappa shape index (κ1) is 54.4. The van der Waals surface area contributed by atoms with Crippen LogP contribution in [-0.4, -0.2) is 37.2 Å². The predicted octanol–water partition coefficient (Wildman–Crippen LogP) is 15.5. The lowest BCUT2D eigenvalue weighted by molar-refractivity contribution is -0.167. The molecular weight excluding hydrogens is 709 g/mol. The van der Waals surface area contributed by atoms with Crippen molar-refractivity contribution in [3.63, 3.8) is 0 Å². The molecule has 0 radical (unpaired) electrons.